The van der Waals surface area contributed by atoms with Gasteiger partial charge in [-0.15, -0.1) is 0 Å². The zero-order valence-electron chi connectivity index (χ0n) is 19.1. The van der Waals surface area contributed by atoms with Gasteiger partial charge in [-0.2, -0.15) is 0 Å². The Morgan fingerprint density at radius 3 is 2.61 bits per heavy atom. The highest BCUT2D eigenvalue weighted by atomic mass is 16.1. The maximum absolute atomic E-state index is 13.0. The van der Waals surface area contributed by atoms with E-state index < -0.39 is 0 Å². The first kappa shape index (κ1) is 20.7. The summed E-state index contributed by atoms with van der Waals surface area (Å²) in [5, 5.41) is 0. The van der Waals surface area contributed by atoms with Gasteiger partial charge in [-0.25, -0.2) is 0 Å². The standard InChI is InChI=1S/C30H36O/c1-20-10-15-28(21(20)2)25-8-5-9-26(17-25)29-18-27(19-30(29)31)24-13-11-23(12-14-24)16-22-6-3-4-7-22/h3-6,8-10,15,17,20,23-24,27,29H,7,11-14,16,18-19H2,1-2H3. The molecule has 5 rings (SSSR count). The predicted octanol–water partition coefficient (Wildman–Crippen LogP) is 7.81. The molecule has 3 atom stereocenters. The van der Waals surface area contributed by atoms with E-state index >= 15 is 0 Å². The SMILES string of the molecule is CC1=C(c2cccc(C3CC(C4CCC(CC5=CC=CC5)CC4)CC3=O)c2)C=CC1C. The maximum Gasteiger partial charge on any atom is 0.140 e. The lowest BCUT2D eigenvalue weighted by Crippen LogP contribution is -2.20. The average Bonchev–Trinajstić information content (AvgIpc) is 3.51. The fourth-order valence-electron chi connectivity index (χ4n) is 6.49. The predicted molar refractivity (Wildman–Crippen MR) is 130 cm³/mol. The summed E-state index contributed by atoms with van der Waals surface area (Å²) in [7, 11) is 0. The van der Waals surface area contributed by atoms with Crippen molar-refractivity contribution in [3.8, 4) is 0 Å². The monoisotopic (exact) mass is 412 g/mol. The van der Waals surface area contributed by atoms with Crippen LogP contribution in [0.2, 0.25) is 0 Å². The van der Waals surface area contributed by atoms with E-state index in [1.165, 1.54) is 60.8 Å². The summed E-state index contributed by atoms with van der Waals surface area (Å²) in [6, 6.07) is 8.84. The van der Waals surface area contributed by atoms with E-state index in [2.05, 4.69) is 68.5 Å². The van der Waals surface area contributed by atoms with Gasteiger partial charge >= 0.3 is 0 Å². The third-order valence-corrected chi connectivity index (χ3v) is 8.61. The third kappa shape index (κ3) is 4.29. The molecule has 0 heterocycles. The van der Waals surface area contributed by atoms with Gasteiger partial charge in [0.05, 0.1) is 0 Å². The van der Waals surface area contributed by atoms with Gasteiger partial charge in [-0.1, -0.05) is 72.7 Å². The second-order valence-electron chi connectivity index (χ2n) is 10.5. The van der Waals surface area contributed by atoms with E-state index in [1.807, 2.05) is 0 Å². The van der Waals surface area contributed by atoms with Crippen LogP contribution >= 0.6 is 0 Å². The summed E-state index contributed by atoms with van der Waals surface area (Å²) in [6.07, 6.45) is 21.0. The van der Waals surface area contributed by atoms with Crippen molar-refractivity contribution in [1.82, 2.24) is 0 Å². The fourth-order valence-corrected chi connectivity index (χ4v) is 6.49. The minimum Gasteiger partial charge on any atom is -0.299 e. The van der Waals surface area contributed by atoms with Crippen molar-refractivity contribution >= 4 is 11.4 Å². The van der Waals surface area contributed by atoms with E-state index in [0.717, 1.165) is 24.7 Å². The highest BCUT2D eigenvalue weighted by Gasteiger charge is 2.39. The summed E-state index contributed by atoms with van der Waals surface area (Å²) in [6.45, 7) is 4.49. The van der Waals surface area contributed by atoms with Crippen LogP contribution in [0.15, 0.2) is 65.8 Å². The van der Waals surface area contributed by atoms with Crippen molar-refractivity contribution in [3.63, 3.8) is 0 Å². The zero-order valence-corrected chi connectivity index (χ0v) is 19.1. The van der Waals surface area contributed by atoms with Gasteiger partial charge in [0, 0.05) is 12.3 Å². The first-order valence-corrected chi connectivity index (χ1v) is 12.4. The summed E-state index contributed by atoms with van der Waals surface area (Å²) in [5.41, 5.74) is 6.93. The van der Waals surface area contributed by atoms with Crippen molar-refractivity contribution in [1.29, 1.82) is 0 Å². The van der Waals surface area contributed by atoms with Crippen LogP contribution in [0, 0.1) is 23.7 Å². The molecule has 0 spiro atoms. The van der Waals surface area contributed by atoms with Gasteiger partial charge in [0.2, 0.25) is 0 Å². The Morgan fingerprint density at radius 1 is 1.06 bits per heavy atom. The van der Waals surface area contributed by atoms with Crippen molar-refractivity contribution in [2.75, 3.05) is 0 Å². The molecule has 31 heavy (non-hydrogen) atoms. The molecule has 0 radical (unpaired) electrons. The Hall–Kier alpha value is -2.15. The normalized spacial score (nSPS) is 32.9. The van der Waals surface area contributed by atoms with Crippen LogP contribution in [0.4, 0.5) is 0 Å². The van der Waals surface area contributed by atoms with Gasteiger partial charge in [0.15, 0.2) is 0 Å². The average molecular weight is 413 g/mol. The number of hydrogen-bond acceptors (Lipinski definition) is 1. The topological polar surface area (TPSA) is 17.1 Å². The Bertz CT molecular complexity index is 964. The van der Waals surface area contributed by atoms with Gasteiger partial charge in [0.1, 0.15) is 5.78 Å². The molecule has 1 aromatic carbocycles. The highest BCUT2D eigenvalue weighted by molar-refractivity contribution is 5.89. The molecule has 1 aromatic rings. The van der Waals surface area contributed by atoms with Crippen LogP contribution in [0.5, 0.6) is 0 Å². The number of allylic oxidation sites excluding steroid dienone is 8. The summed E-state index contributed by atoms with van der Waals surface area (Å²) in [5.74, 6) is 3.33. The van der Waals surface area contributed by atoms with Crippen LogP contribution in [-0.4, -0.2) is 5.78 Å². The van der Waals surface area contributed by atoms with Crippen molar-refractivity contribution in [2.45, 2.75) is 71.1 Å². The van der Waals surface area contributed by atoms with Crippen LogP contribution in [-0.2, 0) is 4.79 Å². The van der Waals surface area contributed by atoms with Crippen LogP contribution in [0.25, 0.3) is 5.57 Å². The largest absolute Gasteiger partial charge is 0.299 e. The number of ketones is 1. The van der Waals surface area contributed by atoms with E-state index in [0.29, 0.717) is 17.6 Å². The molecule has 4 aliphatic rings. The van der Waals surface area contributed by atoms with Gasteiger partial charge in [-0.3, -0.25) is 4.79 Å². The van der Waals surface area contributed by atoms with E-state index in [9.17, 15) is 4.79 Å². The number of rotatable bonds is 5. The number of hydrogen-bond donors (Lipinski definition) is 0. The molecule has 0 saturated heterocycles. The lowest BCUT2D eigenvalue weighted by Gasteiger charge is -2.32. The molecular formula is C30H36O. The Labute approximate surface area is 188 Å². The van der Waals surface area contributed by atoms with Crippen molar-refractivity contribution in [3.05, 3.63) is 76.9 Å². The number of carbonyl (C=O) groups excluding carboxylic acids is 1. The summed E-state index contributed by atoms with van der Waals surface area (Å²) < 4.78 is 0. The van der Waals surface area contributed by atoms with Crippen LogP contribution < -0.4 is 0 Å². The number of benzene rings is 1. The molecule has 162 valence electrons. The fraction of sp³-hybridized carbons (Fsp3) is 0.500. The number of Topliss-reactive ketones (excluding diaryl/α,β-unsaturated/α-hetero) is 1. The summed E-state index contributed by atoms with van der Waals surface area (Å²) >= 11 is 0. The number of carbonyl (C=O) groups is 1. The second kappa shape index (κ2) is 8.77. The molecule has 0 N–H and O–H groups in total. The first-order valence-electron chi connectivity index (χ1n) is 12.4. The zero-order chi connectivity index (χ0) is 21.4. The lowest BCUT2D eigenvalue weighted by atomic mass is 9.73. The third-order valence-electron chi connectivity index (χ3n) is 8.61. The molecule has 3 unspecified atom stereocenters. The van der Waals surface area contributed by atoms with Crippen molar-refractivity contribution < 1.29 is 4.79 Å². The molecule has 0 aliphatic heterocycles. The minimum absolute atomic E-state index is 0.112. The quantitative estimate of drug-likeness (QED) is 0.482. The molecule has 1 heteroatoms. The second-order valence-corrected chi connectivity index (χ2v) is 10.5. The Kier molecular flexibility index (Phi) is 5.87. The molecule has 4 aliphatic carbocycles. The lowest BCUT2D eigenvalue weighted by molar-refractivity contribution is -0.118. The van der Waals surface area contributed by atoms with E-state index in [-0.39, 0.29) is 5.92 Å². The first-order chi connectivity index (χ1) is 15.1. The van der Waals surface area contributed by atoms with E-state index in [1.54, 1.807) is 5.57 Å². The summed E-state index contributed by atoms with van der Waals surface area (Å²) in [4.78, 5) is 13.0. The van der Waals surface area contributed by atoms with E-state index in [4.69, 9.17) is 0 Å². The van der Waals surface area contributed by atoms with Gasteiger partial charge in [-0.05, 0) is 92.2 Å². The minimum atomic E-state index is 0.112. The Balaban J connectivity index is 1.22. The molecular weight excluding hydrogens is 376 g/mol. The maximum atomic E-state index is 13.0. The molecule has 0 bridgehead atoms. The molecule has 2 saturated carbocycles. The Morgan fingerprint density at radius 2 is 1.90 bits per heavy atom. The van der Waals surface area contributed by atoms with Gasteiger partial charge in [0.25, 0.3) is 0 Å². The van der Waals surface area contributed by atoms with Gasteiger partial charge < -0.3 is 0 Å². The molecule has 0 amide bonds. The molecule has 0 aromatic heterocycles. The smallest absolute Gasteiger partial charge is 0.140 e. The molecule has 2 fully saturated rings. The van der Waals surface area contributed by atoms with Crippen LogP contribution in [0.3, 0.4) is 0 Å². The van der Waals surface area contributed by atoms with Crippen molar-refractivity contribution in [2.24, 2.45) is 23.7 Å². The van der Waals surface area contributed by atoms with Crippen LogP contribution in [0.1, 0.15) is 82.3 Å². The highest BCUT2D eigenvalue weighted by Crippen LogP contribution is 2.46. The molecule has 1 nitrogen and oxygen atoms in total.